The highest BCUT2D eigenvalue weighted by atomic mass is 16.5. The lowest BCUT2D eigenvalue weighted by atomic mass is 10.1. The van der Waals surface area contributed by atoms with Crippen molar-refractivity contribution in [3.8, 4) is 28.6 Å². The first-order valence-electron chi connectivity index (χ1n) is 11.7. The third-order valence-corrected chi connectivity index (χ3v) is 5.97. The first-order chi connectivity index (χ1) is 17.3. The molecule has 4 rings (SSSR count). The van der Waals surface area contributed by atoms with Gasteiger partial charge in [0.15, 0.2) is 5.82 Å². The Morgan fingerprint density at radius 2 is 1.97 bits per heavy atom. The number of amides is 1. The van der Waals surface area contributed by atoms with Gasteiger partial charge in [-0.15, -0.1) is 0 Å². The molecule has 3 N–H and O–H groups in total. The Morgan fingerprint density at radius 1 is 1.17 bits per heavy atom. The van der Waals surface area contributed by atoms with Crippen molar-refractivity contribution in [3.63, 3.8) is 0 Å². The summed E-state index contributed by atoms with van der Waals surface area (Å²) < 4.78 is 7.49. The van der Waals surface area contributed by atoms with Crippen LogP contribution >= 0.6 is 0 Å². The molecule has 2 aromatic carbocycles. The zero-order valence-corrected chi connectivity index (χ0v) is 20.8. The van der Waals surface area contributed by atoms with E-state index in [0.717, 1.165) is 17.8 Å². The summed E-state index contributed by atoms with van der Waals surface area (Å²) in [6.07, 6.45) is 1.76. The van der Waals surface area contributed by atoms with Crippen molar-refractivity contribution in [2.75, 3.05) is 27.2 Å². The van der Waals surface area contributed by atoms with E-state index in [9.17, 15) is 15.0 Å². The van der Waals surface area contributed by atoms with Gasteiger partial charge in [-0.3, -0.25) is 9.48 Å². The van der Waals surface area contributed by atoms with Gasteiger partial charge in [0.2, 0.25) is 0 Å². The Labute approximate surface area is 209 Å². The largest absolute Gasteiger partial charge is 0.508 e. The van der Waals surface area contributed by atoms with E-state index in [2.05, 4.69) is 20.4 Å². The van der Waals surface area contributed by atoms with Crippen molar-refractivity contribution in [2.24, 2.45) is 0 Å². The van der Waals surface area contributed by atoms with E-state index in [0.29, 0.717) is 41.9 Å². The molecule has 10 nitrogen and oxygen atoms in total. The number of fused-ring (bicyclic) bond motifs is 1. The zero-order chi connectivity index (χ0) is 25.8. The fourth-order valence-corrected chi connectivity index (χ4v) is 3.93. The van der Waals surface area contributed by atoms with Gasteiger partial charge in [0.25, 0.3) is 5.91 Å². The number of benzene rings is 2. The third-order valence-electron chi connectivity index (χ3n) is 5.97. The molecule has 0 aliphatic heterocycles. The number of nitrogens with zero attached hydrogens (tertiary/aromatic N) is 5. The number of aromatic hydroxyl groups is 2. The van der Waals surface area contributed by atoms with Crippen LogP contribution in [-0.2, 0) is 13.1 Å². The van der Waals surface area contributed by atoms with E-state index in [1.807, 2.05) is 25.6 Å². The smallest absolute Gasteiger partial charge is 0.273 e. The summed E-state index contributed by atoms with van der Waals surface area (Å²) in [5.74, 6) is 0.297. The van der Waals surface area contributed by atoms with Gasteiger partial charge in [0, 0.05) is 49.4 Å². The normalized spacial score (nSPS) is 11.1. The monoisotopic (exact) mass is 490 g/mol. The van der Waals surface area contributed by atoms with Crippen LogP contribution < -0.4 is 10.1 Å². The van der Waals surface area contributed by atoms with Crippen molar-refractivity contribution < 1.29 is 19.7 Å². The SMILES string of the molecule is CCn1ncc(CN(C)C(=O)c2nc(-c3ccc(OCCNC)cc3O)nc3ccc(O)cc23)c1C. The van der Waals surface area contributed by atoms with Crippen molar-refractivity contribution >= 4 is 16.8 Å². The predicted octanol–water partition coefficient (Wildman–Crippen LogP) is 3.10. The summed E-state index contributed by atoms with van der Waals surface area (Å²) in [6, 6.07) is 9.46. The van der Waals surface area contributed by atoms with E-state index < -0.39 is 0 Å². The summed E-state index contributed by atoms with van der Waals surface area (Å²) in [7, 11) is 3.52. The van der Waals surface area contributed by atoms with E-state index in [4.69, 9.17) is 4.74 Å². The molecule has 1 amide bonds. The van der Waals surface area contributed by atoms with Crippen LogP contribution in [0, 0.1) is 6.92 Å². The molecular formula is C26H30N6O4. The van der Waals surface area contributed by atoms with Crippen LogP contribution in [0.2, 0.25) is 0 Å². The molecule has 0 bridgehead atoms. The lowest BCUT2D eigenvalue weighted by Gasteiger charge is -2.18. The molecule has 0 spiro atoms. The minimum absolute atomic E-state index is 0.00142. The van der Waals surface area contributed by atoms with Crippen LogP contribution in [-0.4, -0.2) is 68.0 Å². The Kier molecular flexibility index (Phi) is 7.35. The molecular weight excluding hydrogens is 460 g/mol. The van der Waals surface area contributed by atoms with Crippen LogP contribution in [0.1, 0.15) is 28.7 Å². The average molecular weight is 491 g/mol. The Bertz CT molecular complexity index is 1400. The van der Waals surface area contributed by atoms with Crippen LogP contribution in [0.5, 0.6) is 17.2 Å². The quantitative estimate of drug-likeness (QED) is 0.306. The first-order valence-corrected chi connectivity index (χ1v) is 11.7. The third kappa shape index (κ3) is 5.08. The number of aryl methyl sites for hydroxylation is 1. The maximum Gasteiger partial charge on any atom is 0.273 e. The lowest BCUT2D eigenvalue weighted by Crippen LogP contribution is -2.27. The molecule has 0 atom stereocenters. The highest BCUT2D eigenvalue weighted by molar-refractivity contribution is 6.05. The van der Waals surface area contributed by atoms with E-state index >= 15 is 0 Å². The predicted molar refractivity (Wildman–Crippen MR) is 136 cm³/mol. The number of carbonyl (C=O) groups is 1. The number of ether oxygens (including phenoxy) is 1. The molecule has 0 saturated heterocycles. The molecule has 2 aromatic heterocycles. The Morgan fingerprint density at radius 3 is 2.67 bits per heavy atom. The molecule has 10 heteroatoms. The molecule has 4 aromatic rings. The highest BCUT2D eigenvalue weighted by Gasteiger charge is 2.22. The number of likely N-dealkylation sites (N-methyl/N-ethyl adjacent to an activating group) is 1. The summed E-state index contributed by atoms with van der Waals surface area (Å²) in [4.78, 5) is 24.2. The van der Waals surface area contributed by atoms with Gasteiger partial charge < -0.3 is 25.2 Å². The van der Waals surface area contributed by atoms with Gasteiger partial charge in [-0.2, -0.15) is 5.10 Å². The number of rotatable bonds is 9. The van der Waals surface area contributed by atoms with Crippen LogP contribution in [0.25, 0.3) is 22.3 Å². The van der Waals surface area contributed by atoms with E-state index in [1.165, 1.54) is 18.2 Å². The number of nitrogens with one attached hydrogen (secondary N) is 1. The fourth-order valence-electron chi connectivity index (χ4n) is 3.93. The molecule has 0 fully saturated rings. The minimum Gasteiger partial charge on any atom is -0.508 e. The van der Waals surface area contributed by atoms with Crippen molar-refractivity contribution in [1.82, 2.24) is 30.0 Å². The lowest BCUT2D eigenvalue weighted by molar-refractivity contribution is 0.0781. The zero-order valence-electron chi connectivity index (χ0n) is 20.8. The maximum absolute atomic E-state index is 13.6. The molecule has 36 heavy (non-hydrogen) atoms. The highest BCUT2D eigenvalue weighted by Crippen LogP contribution is 2.33. The molecule has 0 saturated carbocycles. The molecule has 2 heterocycles. The van der Waals surface area contributed by atoms with Crippen LogP contribution in [0.4, 0.5) is 0 Å². The summed E-state index contributed by atoms with van der Waals surface area (Å²) in [6.45, 7) is 6.18. The van der Waals surface area contributed by atoms with Gasteiger partial charge in [-0.1, -0.05) is 0 Å². The fraction of sp³-hybridized carbons (Fsp3) is 0.308. The van der Waals surface area contributed by atoms with Gasteiger partial charge in [-0.25, -0.2) is 9.97 Å². The number of hydrogen-bond donors (Lipinski definition) is 3. The summed E-state index contributed by atoms with van der Waals surface area (Å²) in [5, 5.41) is 28.5. The average Bonchev–Trinajstić information content (AvgIpc) is 3.22. The molecule has 0 radical (unpaired) electrons. The van der Waals surface area contributed by atoms with Crippen LogP contribution in [0.15, 0.2) is 42.6 Å². The molecule has 188 valence electrons. The van der Waals surface area contributed by atoms with Crippen molar-refractivity contribution in [1.29, 1.82) is 0 Å². The second kappa shape index (κ2) is 10.6. The number of aromatic nitrogens is 4. The number of phenols is 2. The maximum atomic E-state index is 13.6. The molecule has 0 unspecified atom stereocenters. The van der Waals surface area contributed by atoms with Crippen molar-refractivity contribution in [3.05, 3.63) is 59.5 Å². The van der Waals surface area contributed by atoms with E-state index in [-0.39, 0.29) is 28.9 Å². The van der Waals surface area contributed by atoms with Gasteiger partial charge >= 0.3 is 0 Å². The van der Waals surface area contributed by atoms with Crippen molar-refractivity contribution in [2.45, 2.75) is 26.9 Å². The number of phenolic OH excluding ortho intramolecular Hbond substituents is 2. The number of hydrogen-bond acceptors (Lipinski definition) is 8. The summed E-state index contributed by atoms with van der Waals surface area (Å²) >= 11 is 0. The first kappa shape index (κ1) is 24.9. The van der Waals surface area contributed by atoms with E-state index in [1.54, 1.807) is 36.3 Å². The topological polar surface area (TPSA) is 126 Å². The summed E-state index contributed by atoms with van der Waals surface area (Å²) in [5.41, 5.74) is 2.88. The van der Waals surface area contributed by atoms with Gasteiger partial charge in [0.05, 0.1) is 17.3 Å². The molecule has 0 aliphatic carbocycles. The second-order valence-corrected chi connectivity index (χ2v) is 8.46. The standard InChI is InChI=1S/C26H30N6O4/c1-5-32-16(2)17(14-28-32)15-31(4)26(35)24-21-12-18(33)6-9-22(21)29-25(30-24)20-8-7-19(13-23(20)34)36-11-10-27-3/h6-9,12-14,27,33-34H,5,10-11,15H2,1-4H3. The Hall–Kier alpha value is -4.18. The minimum atomic E-state index is -0.343. The van der Waals surface area contributed by atoms with Crippen LogP contribution in [0.3, 0.4) is 0 Å². The second-order valence-electron chi connectivity index (χ2n) is 8.46. The van der Waals surface area contributed by atoms with Gasteiger partial charge in [0.1, 0.15) is 29.5 Å². The Balaban J connectivity index is 1.71. The van der Waals surface area contributed by atoms with Gasteiger partial charge in [-0.05, 0) is 51.2 Å². The number of carbonyl (C=O) groups excluding carboxylic acids is 1. The molecule has 0 aliphatic rings.